The lowest BCUT2D eigenvalue weighted by atomic mass is 9.91. The van der Waals surface area contributed by atoms with Crippen molar-refractivity contribution in [1.82, 2.24) is 9.97 Å². The lowest BCUT2D eigenvalue weighted by molar-refractivity contribution is -0.268. The summed E-state index contributed by atoms with van der Waals surface area (Å²) in [6.45, 7) is 5.77. The third kappa shape index (κ3) is 6.70. The fraction of sp³-hybridized carbons (Fsp3) is 0.296. The van der Waals surface area contributed by atoms with Crippen LogP contribution in [0.5, 0.6) is 0 Å². The van der Waals surface area contributed by atoms with E-state index >= 15 is 0 Å². The van der Waals surface area contributed by atoms with Gasteiger partial charge in [-0.2, -0.15) is 0 Å². The molecule has 2 heterocycles. The summed E-state index contributed by atoms with van der Waals surface area (Å²) in [7, 11) is 0. The number of anilines is 1. The number of benzene rings is 2. The molecule has 1 aliphatic heterocycles. The maximum Gasteiger partial charge on any atom is 0.411 e. The molecule has 36 heavy (non-hydrogen) atoms. The number of aromatic nitrogens is 2. The number of carbonyl (C=O) groups is 1. The SMILES string of the molecule is C=CCOC(=O)Nc1ccc([C@H]2O[C@@H](CSc3ncccn3)[C@@H](C)[C@@H](c3ccc(CO)cc3)O2)cc1. The minimum absolute atomic E-state index is 0.00898. The molecule has 0 radical (unpaired) electrons. The predicted molar refractivity (Wildman–Crippen MR) is 137 cm³/mol. The highest BCUT2D eigenvalue weighted by Gasteiger charge is 2.38. The first kappa shape index (κ1) is 25.8. The molecule has 1 aliphatic rings. The standard InChI is InChI=1S/C27H29N3O5S/c1-3-15-33-27(32)30-22-11-9-21(10-12-22)25-34-23(17-36-26-28-13-4-14-29-26)18(2)24(35-25)20-7-5-19(16-31)6-8-20/h3-14,18,23-25,31H,1,15-17H2,2H3,(H,30,32)/t18-,23+,24+,25+/m1/s1. The van der Waals surface area contributed by atoms with E-state index in [-0.39, 0.29) is 31.3 Å². The van der Waals surface area contributed by atoms with Crippen molar-refractivity contribution < 1.29 is 24.1 Å². The predicted octanol–water partition coefficient (Wildman–Crippen LogP) is 5.29. The van der Waals surface area contributed by atoms with Gasteiger partial charge in [-0.25, -0.2) is 14.8 Å². The van der Waals surface area contributed by atoms with Crippen molar-refractivity contribution in [1.29, 1.82) is 0 Å². The Balaban J connectivity index is 1.52. The largest absolute Gasteiger partial charge is 0.445 e. The average Bonchev–Trinajstić information content (AvgIpc) is 2.92. The van der Waals surface area contributed by atoms with Crippen LogP contribution in [0.3, 0.4) is 0 Å². The van der Waals surface area contributed by atoms with Crippen LogP contribution in [0, 0.1) is 5.92 Å². The van der Waals surface area contributed by atoms with E-state index in [4.69, 9.17) is 14.2 Å². The molecule has 2 aromatic carbocycles. The van der Waals surface area contributed by atoms with Crippen molar-refractivity contribution in [3.05, 3.63) is 96.3 Å². The molecule has 0 bridgehead atoms. The molecular formula is C27H29N3O5S. The summed E-state index contributed by atoms with van der Waals surface area (Å²) in [6, 6.07) is 16.9. The van der Waals surface area contributed by atoms with Crippen molar-refractivity contribution in [3.63, 3.8) is 0 Å². The maximum absolute atomic E-state index is 11.8. The van der Waals surface area contributed by atoms with E-state index in [1.807, 2.05) is 36.4 Å². The monoisotopic (exact) mass is 507 g/mol. The van der Waals surface area contributed by atoms with Crippen LogP contribution in [0.15, 0.2) is 84.8 Å². The number of thioether (sulfide) groups is 1. The van der Waals surface area contributed by atoms with Crippen LogP contribution in [0.25, 0.3) is 0 Å². The molecule has 188 valence electrons. The van der Waals surface area contributed by atoms with E-state index in [9.17, 15) is 9.90 Å². The highest BCUT2D eigenvalue weighted by atomic mass is 32.2. The first-order valence-corrected chi connectivity index (χ1v) is 12.6. The smallest absolute Gasteiger partial charge is 0.411 e. The fourth-order valence-corrected chi connectivity index (χ4v) is 4.80. The molecule has 0 spiro atoms. The molecule has 9 heteroatoms. The van der Waals surface area contributed by atoms with Gasteiger partial charge in [-0.1, -0.05) is 67.7 Å². The average molecular weight is 508 g/mol. The van der Waals surface area contributed by atoms with E-state index in [0.29, 0.717) is 16.6 Å². The van der Waals surface area contributed by atoms with Gasteiger partial charge in [0.15, 0.2) is 11.4 Å². The van der Waals surface area contributed by atoms with E-state index in [2.05, 4.69) is 28.8 Å². The zero-order chi connectivity index (χ0) is 25.3. The van der Waals surface area contributed by atoms with Crippen molar-refractivity contribution in [2.75, 3.05) is 17.7 Å². The van der Waals surface area contributed by atoms with E-state index in [1.54, 1.807) is 42.4 Å². The van der Waals surface area contributed by atoms with Gasteiger partial charge in [0, 0.05) is 35.3 Å². The van der Waals surface area contributed by atoms with E-state index in [1.165, 1.54) is 6.08 Å². The van der Waals surface area contributed by atoms with Crippen LogP contribution in [0.1, 0.15) is 36.0 Å². The molecule has 0 saturated carbocycles. The fourth-order valence-electron chi connectivity index (χ4n) is 3.84. The summed E-state index contributed by atoms with van der Waals surface area (Å²) in [5.41, 5.74) is 3.29. The third-order valence-electron chi connectivity index (χ3n) is 5.80. The summed E-state index contributed by atoms with van der Waals surface area (Å²) < 4.78 is 17.8. The number of amides is 1. The summed E-state index contributed by atoms with van der Waals surface area (Å²) in [5.74, 6) is 0.711. The quantitative estimate of drug-likeness (QED) is 0.229. The molecule has 1 saturated heterocycles. The highest BCUT2D eigenvalue weighted by molar-refractivity contribution is 7.99. The molecule has 0 unspecified atom stereocenters. The molecule has 1 amide bonds. The summed E-state index contributed by atoms with van der Waals surface area (Å²) in [4.78, 5) is 20.4. The second kappa shape index (κ2) is 12.6. The first-order valence-electron chi connectivity index (χ1n) is 11.6. The molecule has 2 N–H and O–H groups in total. The van der Waals surface area contributed by atoms with Crippen molar-refractivity contribution in [3.8, 4) is 0 Å². The van der Waals surface area contributed by atoms with Crippen LogP contribution in [0.4, 0.5) is 10.5 Å². The number of carbonyl (C=O) groups excluding carboxylic acids is 1. The van der Waals surface area contributed by atoms with Gasteiger partial charge in [-0.05, 0) is 29.3 Å². The third-order valence-corrected chi connectivity index (χ3v) is 6.77. The number of hydrogen-bond acceptors (Lipinski definition) is 8. The number of aliphatic hydroxyl groups excluding tert-OH is 1. The van der Waals surface area contributed by atoms with Gasteiger partial charge in [-0.15, -0.1) is 0 Å². The van der Waals surface area contributed by atoms with Crippen LogP contribution in [-0.4, -0.2) is 39.6 Å². The van der Waals surface area contributed by atoms with E-state index < -0.39 is 12.4 Å². The van der Waals surface area contributed by atoms with Gasteiger partial charge in [0.25, 0.3) is 0 Å². The second-order valence-corrected chi connectivity index (χ2v) is 9.29. The van der Waals surface area contributed by atoms with Crippen molar-refractivity contribution in [2.45, 2.75) is 37.2 Å². The lowest BCUT2D eigenvalue weighted by Gasteiger charge is -2.41. The Hall–Kier alpha value is -3.24. The van der Waals surface area contributed by atoms with Crippen LogP contribution >= 0.6 is 11.8 Å². The van der Waals surface area contributed by atoms with Crippen LogP contribution in [0.2, 0.25) is 0 Å². The topological polar surface area (TPSA) is 103 Å². The molecule has 1 fully saturated rings. The minimum Gasteiger partial charge on any atom is -0.445 e. The van der Waals surface area contributed by atoms with E-state index in [0.717, 1.165) is 16.7 Å². The Morgan fingerprint density at radius 3 is 2.47 bits per heavy atom. The Morgan fingerprint density at radius 1 is 1.11 bits per heavy atom. The number of rotatable bonds is 9. The maximum atomic E-state index is 11.8. The van der Waals surface area contributed by atoms with Crippen LogP contribution in [-0.2, 0) is 20.8 Å². The van der Waals surface area contributed by atoms with Gasteiger partial charge < -0.3 is 19.3 Å². The minimum atomic E-state index is -0.604. The van der Waals surface area contributed by atoms with Crippen LogP contribution < -0.4 is 5.32 Å². The molecular weight excluding hydrogens is 478 g/mol. The molecule has 1 aromatic heterocycles. The van der Waals surface area contributed by atoms with Gasteiger partial charge in [-0.3, -0.25) is 5.32 Å². The Morgan fingerprint density at radius 2 is 1.81 bits per heavy atom. The number of aliphatic hydroxyl groups is 1. The second-order valence-electron chi connectivity index (χ2n) is 8.30. The normalized spacial score (nSPS) is 21.5. The Kier molecular flexibility index (Phi) is 9.07. The van der Waals surface area contributed by atoms with Crippen molar-refractivity contribution in [2.24, 2.45) is 5.92 Å². The summed E-state index contributed by atoms with van der Waals surface area (Å²) in [6.07, 6.45) is 3.45. The van der Waals surface area contributed by atoms with Crippen molar-refractivity contribution >= 4 is 23.5 Å². The Bertz CT molecular complexity index is 1130. The summed E-state index contributed by atoms with van der Waals surface area (Å²) in [5, 5.41) is 12.8. The lowest BCUT2D eigenvalue weighted by Crippen LogP contribution is -2.38. The molecule has 3 aromatic rings. The molecule has 8 nitrogen and oxygen atoms in total. The number of hydrogen-bond donors (Lipinski definition) is 2. The van der Waals surface area contributed by atoms with Gasteiger partial charge in [0.05, 0.1) is 18.8 Å². The molecule has 0 aliphatic carbocycles. The first-order chi connectivity index (χ1) is 17.6. The highest BCUT2D eigenvalue weighted by Crippen LogP contribution is 2.42. The van der Waals surface area contributed by atoms with Gasteiger partial charge in [0.1, 0.15) is 6.61 Å². The zero-order valence-electron chi connectivity index (χ0n) is 19.9. The number of nitrogens with zero attached hydrogens (tertiary/aromatic N) is 2. The van der Waals surface area contributed by atoms with Gasteiger partial charge >= 0.3 is 6.09 Å². The molecule has 4 atom stereocenters. The molecule has 4 rings (SSSR count). The summed E-state index contributed by atoms with van der Waals surface area (Å²) >= 11 is 1.54. The number of ether oxygens (including phenoxy) is 3. The van der Waals surface area contributed by atoms with Gasteiger partial charge in [0.2, 0.25) is 0 Å². The Labute approximate surface area is 214 Å². The zero-order valence-corrected chi connectivity index (χ0v) is 20.8. The number of nitrogens with one attached hydrogen (secondary N) is 1.